The average Bonchev–Trinajstić information content (AvgIpc) is 2.96. The zero-order valence-corrected chi connectivity index (χ0v) is 14.1. The Morgan fingerprint density at radius 1 is 1.20 bits per heavy atom. The van der Waals surface area contributed by atoms with Crippen LogP contribution in [0, 0.1) is 11.6 Å². The first-order valence-electron chi connectivity index (χ1n) is 7.38. The highest BCUT2D eigenvalue weighted by molar-refractivity contribution is 8.18. The average molecular weight is 360 g/mol. The summed E-state index contributed by atoms with van der Waals surface area (Å²) in [5.74, 6) is -0.983. The van der Waals surface area contributed by atoms with Gasteiger partial charge in [-0.2, -0.15) is 0 Å². The van der Waals surface area contributed by atoms with Gasteiger partial charge in [0.1, 0.15) is 17.4 Å². The molecule has 2 aromatic rings. The van der Waals surface area contributed by atoms with Gasteiger partial charge in [0.2, 0.25) is 0 Å². The maximum atomic E-state index is 13.7. The normalized spacial score (nSPS) is 17.2. The van der Waals surface area contributed by atoms with Gasteiger partial charge in [-0.3, -0.25) is 9.79 Å². The summed E-state index contributed by atoms with van der Waals surface area (Å²) in [5.41, 5.74) is 1.11. The summed E-state index contributed by atoms with van der Waals surface area (Å²) in [7, 11) is 1.59. The second kappa shape index (κ2) is 7.48. The number of methoxy groups -OCH3 is 1. The summed E-state index contributed by atoms with van der Waals surface area (Å²) >= 11 is 1.12. The SMILES string of the molecule is COc1ccc(CN=C2NC(=O)/C(=C/c3ccc(F)cc3F)S2)cc1. The molecule has 25 heavy (non-hydrogen) atoms. The number of hydrogen-bond acceptors (Lipinski definition) is 4. The van der Waals surface area contributed by atoms with Crippen LogP contribution in [0.4, 0.5) is 8.78 Å². The van der Waals surface area contributed by atoms with Crippen LogP contribution in [0.2, 0.25) is 0 Å². The van der Waals surface area contributed by atoms with Crippen molar-refractivity contribution in [2.24, 2.45) is 4.99 Å². The Labute approximate surface area is 147 Å². The van der Waals surface area contributed by atoms with Crippen LogP contribution in [0.15, 0.2) is 52.4 Å². The van der Waals surface area contributed by atoms with Gasteiger partial charge in [-0.1, -0.05) is 12.1 Å². The Morgan fingerprint density at radius 2 is 1.96 bits per heavy atom. The lowest BCUT2D eigenvalue weighted by Crippen LogP contribution is -2.19. The Morgan fingerprint density at radius 3 is 2.64 bits per heavy atom. The molecule has 0 aliphatic carbocycles. The molecule has 0 bridgehead atoms. The summed E-state index contributed by atoms with van der Waals surface area (Å²) in [5, 5.41) is 3.07. The van der Waals surface area contributed by atoms with Crippen molar-refractivity contribution < 1.29 is 18.3 Å². The van der Waals surface area contributed by atoms with E-state index < -0.39 is 11.6 Å². The predicted octanol–water partition coefficient (Wildman–Crippen LogP) is 3.73. The number of amidine groups is 1. The molecule has 1 heterocycles. The lowest BCUT2D eigenvalue weighted by atomic mass is 10.2. The van der Waals surface area contributed by atoms with Gasteiger partial charge in [0.15, 0.2) is 5.17 Å². The van der Waals surface area contributed by atoms with Crippen molar-refractivity contribution in [1.82, 2.24) is 5.32 Å². The van der Waals surface area contributed by atoms with Crippen molar-refractivity contribution in [3.63, 3.8) is 0 Å². The van der Waals surface area contributed by atoms with Crippen LogP contribution in [0.5, 0.6) is 5.75 Å². The van der Waals surface area contributed by atoms with Crippen molar-refractivity contribution in [2.45, 2.75) is 6.54 Å². The first-order chi connectivity index (χ1) is 12.0. The van der Waals surface area contributed by atoms with Gasteiger partial charge in [-0.25, -0.2) is 8.78 Å². The predicted molar refractivity (Wildman–Crippen MR) is 94.2 cm³/mol. The minimum Gasteiger partial charge on any atom is -0.497 e. The van der Waals surface area contributed by atoms with E-state index in [1.807, 2.05) is 24.3 Å². The van der Waals surface area contributed by atoms with Crippen molar-refractivity contribution >= 4 is 28.9 Å². The van der Waals surface area contributed by atoms with Crippen LogP contribution >= 0.6 is 11.8 Å². The van der Waals surface area contributed by atoms with E-state index in [1.54, 1.807) is 7.11 Å². The van der Waals surface area contributed by atoms with Crippen molar-refractivity contribution in [3.05, 3.63) is 70.1 Å². The smallest absolute Gasteiger partial charge is 0.264 e. The van der Waals surface area contributed by atoms with Crippen molar-refractivity contribution in [1.29, 1.82) is 0 Å². The maximum Gasteiger partial charge on any atom is 0.264 e. The summed E-state index contributed by atoms with van der Waals surface area (Å²) in [6, 6.07) is 10.6. The number of amides is 1. The van der Waals surface area contributed by atoms with Gasteiger partial charge >= 0.3 is 0 Å². The molecule has 128 valence electrons. The van der Waals surface area contributed by atoms with Gasteiger partial charge in [0, 0.05) is 11.6 Å². The molecule has 7 heteroatoms. The molecule has 0 aromatic heterocycles. The monoisotopic (exact) mass is 360 g/mol. The van der Waals surface area contributed by atoms with E-state index in [9.17, 15) is 13.6 Å². The van der Waals surface area contributed by atoms with E-state index in [0.717, 1.165) is 35.2 Å². The summed E-state index contributed by atoms with van der Waals surface area (Å²) in [6.45, 7) is 0.394. The summed E-state index contributed by atoms with van der Waals surface area (Å²) in [4.78, 5) is 16.6. The van der Waals surface area contributed by atoms with Gasteiger partial charge in [-0.05, 0) is 47.7 Å². The Kier molecular flexibility index (Phi) is 5.14. The third-order valence-electron chi connectivity index (χ3n) is 3.46. The fourth-order valence-electron chi connectivity index (χ4n) is 2.16. The molecule has 1 saturated heterocycles. The lowest BCUT2D eigenvalue weighted by molar-refractivity contribution is -0.115. The van der Waals surface area contributed by atoms with E-state index >= 15 is 0 Å². The molecule has 0 saturated carbocycles. The summed E-state index contributed by atoms with van der Waals surface area (Å²) in [6.07, 6.45) is 1.38. The first kappa shape index (κ1) is 17.2. The van der Waals surface area contributed by atoms with E-state index in [0.29, 0.717) is 16.6 Å². The van der Waals surface area contributed by atoms with E-state index in [4.69, 9.17) is 4.74 Å². The minimum atomic E-state index is -0.718. The van der Waals surface area contributed by atoms with Crippen molar-refractivity contribution in [3.8, 4) is 5.75 Å². The molecule has 0 unspecified atom stereocenters. The molecule has 0 radical (unpaired) electrons. The van der Waals surface area contributed by atoms with Gasteiger partial charge in [0.25, 0.3) is 5.91 Å². The van der Waals surface area contributed by atoms with Crippen LogP contribution in [-0.4, -0.2) is 18.2 Å². The molecule has 1 N–H and O–H groups in total. The Hall–Kier alpha value is -2.67. The number of nitrogens with one attached hydrogen (secondary N) is 1. The molecule has 1 fully saturated rings. The molecule has 0 spiro atoms. The Balaban J connectivity index is 1.71. The number of nitrogens with zero attached hydrogens (tertiary/aromatic N) is 1. The zero-order chi connectivity index (χ0) is 17.8. The molecule has 1 amide bonds. The molecular formula is C18H14F2N2O2S. The fraction of sp³-hybridized carbons (Fsp3) is 0.111. The number of ether oxygens (including phenoxy) is 1. The number of halogens is 2. The maximum absolute atomic E-state index is 13.7. The van der Waals surface area contributed by atoms with E-state index in [1.165, 1.54) is 12.1 Å². The number of aliphatic imine (C=N–C) groups is 1. The molecule has 2 aromatic carbocycles. The Bertz CT molecular complexity index is 864. The standard InChI is InChI=1S/C18H14F2N2O2S/c1-24-14-6-2-11(3-7-14)10-21-18-22-17(23)16(25-18)8-12-4-5-13(19)9-15(12)20/h2-9H,10H2,1H3,(H,21,22,23)/b16-8-. The van der Waals surface area contributed by atoms with Crippen LogP contribution < -0.4 is 10.1 Å². The van der Waals surface area contributed by atoms with Crippen LogP contribution in [0.1, 0.15) is 11.1 Å². The molecule has 3 rings (SSSR count). The summed E-state index contributed by atoms with van der Waals surface area (Å²) < 4.78 is 31.7. The first-order valence-corrected chi connectivity index (χ1v) is 8.20. The minimum absolute atomic E-state index is 0.149. The number of carbonyl (C=O) groups excluding carboxylic acids is 1. The molecule has 1 aliphatic heterocycles. The molecule has 0 atom stereocenters. The number of carbonyl (C=O) groups is 1. The van der Waals surface area contributed by atoms with Gasteiger partial charge < -0.3 is 10.1 Å². The highest BCUT2D eigenvalue weighted by Gasteiger charge is 2.24. The quantitative estimate of drug-likeness (QED) is 0.845. The highest BCUT2D eigenvalue weighted by Crippen LogP contribution is 2.27. The fourth-order valence-corrected chi connectivity index (χ4v) is 2.97. The van der Waals surface area contributed by atoms with Crippen LogP contribution in [0.25, 0.3) is 6.08 Å². The zero-order valence-electron chi connectivity index (χ0n) is 13.3. The number of hydrogen-bond donors (Lipinski definition) is 1. The van der Waals surface area contributed by atoms with Crippen LogP contribution in [-0.2, 0) is 11.3 Å². The third-order valence-corrected chi connectivity index (χ3v) is 4.41. The third kappa shape index (κ3) is 4.24. The second-order valence-electron chi connectivity index (χ2n) is 5.20. The number of rotatable bonds is 4. The van der Waals surface area contributed by atoms with Crippen molar-refractivity contribution in [2.75, 3.05) is 7.11 Å². The van der Waals surface area contributed by atoms with E-state index in [-0.39, 0.29) is 11.5 Å². The second-order valence-corrected chi connectivity index (χ2v) is 6.23. The van der Waals surface area contributed by atoms with Gasteiger partial charge in [-0.15, -0.1) is 0 Å². The number of thioether (sulfide) groups is 1. The highest BCUT2D eigenvalue weighted by atomic mass is 32.2. The van der Waals surface area contributed by atoms with Gasteiger partial charge in [0.05, 0.1) is 18.6 Å². The van der Waals surface area contributed by atoms with Crippen LogP contribution in [0.3, 0.4) is 0 Å². The lowest BCUT2D eigenvalue weighted by Gasteiger charge is -2.01. The molecular weight excluding hydrogens is 346 g/mol. The van der Waals surface area contributed by atoms with E-state index in [2.05, 4.69) is 10.3 Å². The molecule has 4 nitrogen and oxygen atoms in total. The molecule has 1 aliphatic rings. The largest absolute Gasteiger partial charge is 0.497 e. The number of benzene rings is 2. The topological polar surface area (TPSA) is 50.7 Å².